The van der Waals surface area contributed by atoms with Crippen molar-refractivity contribution < 1.29 is 14.9 Å². The van der Waals surface area contributed by atoms with Crippen LogP contribution in [0.15, 0.2) is 36.1 Å². The number of likely N-dealkylation sites (tertiary alicyclic amines) is 1. The van der Waals surface area contributed by atoms with Gasteiger partial charge in [0.25, 0.3) is 0 Å². The van der Waals surface area contributed by atoms with E-state index in [1.807, 2.05) is 18.2 Å². The fourth-order valence-corrected chi connectivity index (χ4v) is 5.17. The summed E-state index contributed by atoms with van der Waals surface area (Å²) in [6.45, 7) is 2.58. The quantitative estimate of drug-likeness (QED) is 0.486. The molecule has 174 valence electrons. The van der Waals surface area contributed by atoms with Crippen LogP contribution in [0.2, 0.25) is 5.02 Å². The Labute approximate surface area is 203 Å². The molecule has 1 aliphatic rings. The zero-order chi connectivity index (χ0) is 23.3. The van der Waals surface area contributed by atoms with E-state index < -0.39 is 6.10 Å². The molecule has 2 aromatic heterocycles. The first-order chi connectivity index (χ1) is 16.0. The van der Waals surface area contributed by atoms with Gasteiger partial charge in [-0.15, -0.1) is 11.3 Å². The van der Waals surface area contributed by atoms with Gasteiger partial charge in [-0.25, -0.2) is 0 Å². The molecule has 0 aliphatic carbocycles. The molecule has 0 unspecified atom stereocenters. The third-order valence-electron chi connectivity index (χ3n) is 6.55. The monoisotopic (exact) mass is 485 g/mol. The number of aliphatic hydroxyl groups is 2. The van der Waals surface area contributed by atoms with Gasteiger partial charge in [-0.1, -0.05) is 23.4 Å². The van der Waals surface area contributed by atoms with Crippen LogP contribution in [0.25, 0.3) is 10.9 Å². The van der Waals surface area contributed by atoms with Crippen LogP contribution in [0.5, 0.6) is 5.75 Å². The van der Waals surface area contributed by atoms with Gasteiger partial charge in [-0.05, 0) is 62.4 Å². The Kier molecular flexibility index (Phi) is 7.84. The molecular formula is C25H28ClN3O3S. The molecular weight excluding hydrogens is 458 g/mol. The number of benzene rings is 1. The molecule has 33 heavy (non-hydrogen) atoms. The van der Waals surface area contributed by atoms with Gasteiger partial charge in [0.2, 0.25) is 0 Å². The van der Waals surface area contributed by atoms with Crippen LogP contribution in [-0.2, 0) is 0 Å². The third-order valence-corrected chi connectivity index (χ3v) is 7.54. The molecule has 1 aromatic carbocycles. The molecule has 0 saturated carbocycles. The van der Waals surface area contributed by atoms with Gasteiger partial charge in [0.15, 0.2) is 0 Å². The van der Waals surface area contributed by atoms with E-state index in [0.29, 0.717) is 29.3 Å². The molecule has 0 spiro atoms. The number of methoxy groups -OCH3 is 1. The molecule has 0 bridgehead atoms. The van der Waals surface area contributed by atoms with Crippen molar-refractivity contribution in [2.75, 3.05) is 33.4 Å². The summed E-state index contributed by atoms with van der Waals surface area (Å²) in [7, 11) is 1.61. The Morgan fingerprint density at radius 1 is 1.30 bits per heavy atom. The number of hydrogen-bond donors (Lipinski definition) is 2. The van der Waals surface area contributed by atoms with E-state index in [-0.39, 0.29) is 12.0 Å². The first-order valence-electron chi connectivity index (χ1n) is 11.0. The van der Waals surface area contributed by atoms with Crippen molar-refractivity contribution in [2.24, 2.45) is 5.41 Å². The standard InChI is InChI=1S/C25H28ClN3O3S/c1-32-18-4-5-22-20(13-18)24(21(26)15-28-22)23(31)6-7-25(16-30)8-11-29(12-9-25)10-2-3-19-14-27-17-33-19/h4-5,13-15,17,23,30-31H,6-12,16H2,1H3/t23-/m1/s1. The van der Waals surface area contributed by atoms with Crippen molar-refractivity contribution in [1.29, 1.82) is 0 Å². The minimum atomic E-state index is -0.748. The topological polar surface area (TPSA) is 78.7 Å². The van der Waals surface area contributed by atoms with Crippen LogP contribution < -0.4 is 4.74 Å². The van der Waals surface area contributed by atoms with E-state index in [0.717, 1.165) is 48.1 Å². The lowest BCUT2D eigenvalue weighted by Crippen LogP contribution is -2.42. The minimum absolute atomic E-state index is 0.110. The Bertz CT molecular complexity index is 1130. The molecule has 3 heterocycles. The summed E-state index contributed by atoms with van der Waals surface area (Å²) in [6, 6.07) is 5.57. The van der Waals surface area contributed by atoms with E-state index in [4.69, 9.17) is 16.3 Å². The Morgan fingerprint density at radius 2 is 2.12 bits per heavy atom. The van der Waals surface area contributed by atoms with Gasteiger partial charge in [0.05, 0.1) is 46.9 Å². The second-order valence-electron chi connectivity index (χ2n) is 8.56. The Hall–Kier alpha value is -2.21. The second-order valence-corrected chi connectivity index (χ2v) is 9.85. The highest BCUT2D eigenvalue weighted by atomic mass is 35.5. The number of thiazole rings is 1. The van der Waals surface area contributed by atoms with Gasteiger partial charge in [0.1, 0.15) is 5.75 Å². The summed E-state index contributed by atoms with van der Waals surface area (Å²) in [4.78, 5) is 11.7. The lowest BCUT2D eigenvalue weighted by Gasteiger charge is -2.40. The van der Waals surface area contributed by atoms with Gasteiger partial charge in [-0.2, -0.15) is 0 Å². The minimum Gasteiger partial charge on any atom is -0.497 e. The third kappa shape index (κ3) is 5.65. The van der Waals surface area contributed by atoms with Gasteiger partial charge >= 0.3 is 0 Å². The lowest BCUT2D eigenvalue weighted by molar-refractivity contribution is 0.0273. The summed E-state index contributed by atoms with van der Waals surface area (Å²) in [5, 5.41) is 22.5. The molecule has 0 amide bonds. The predicted molar refractivity (Wildman–Crippen MR) is 132 cm³/mol. The summed E-state index contributed by atoms with van der Waals surface area (Å²) >= 11 is 8.00. The van der Waals surface area contributed by atoms with Gasteiger partial charge in [0, 0.05) is 23.8 Å². The van der Waals surface area contributed by atoms with Crippen LogP contribution in [0.3, 0.4) is 0 Å². The number of nitrogens with zero attached hydrogens (tertiary/aromatic N) is 3. The first kappa shape index (κ1) is 23.9. The number of aromatic nitrogens is 2. The maximum atomic E-state index is 11.1. The van der Waals surface area contributed by atoms with E-state index in [9.17, 15) is 10.2 Å². The van der Waals surface area contributed by atoms with Gasteiger partial charge < -0.3 is 14.9 Å². The SMILES string of the molecule is COc1ccc2ncc(Cl)c([C@H](O)CCC3(CO)CCN(CC#Cc4cncs4)CC3)c2c1. The maximum Gasteiger partial charge on any atom is 0.119 e. The summed E-state index contributed by atoms with van der Waals surface area (Å²) in [5.74, 6) is 7.06. The van der Waals surface area contributed by atoms with E-state index >= 15 is 0 Å². The second kappa shape index (κ2) is 10.8. The van der Waals surface area contributed by atoms with Crippen LogP contribution >= 0.6 is 22.9 Å². The average Bonchev–Trinajstić information content (AvgIpc) is 3.36. The molecule has 3 aromatic rings. The molecule has 1 saturated heterocycles. The van der Waals surface area contributed by atoms with E-state index in [1.165, 1.54) is 0 Å². The lowest BCUT2D eigenvalue weighted by atomic mass is 9.74. The fourth-order valence-electron chi connectivity index (χ4n) is 4.41. The zero-order valence-corrected chi connectivity index (χ0v) is 20.2. The normalized spacial score (nSPS) is 16.8. The fraction of sp³-hybridized carbons (Fsp3) is 0.440. The number of piperidine rings is 1. The summed E-state index contributed by atoms with van der Waals surface area (Å²) in [6.07, 6.45) is 5.60. The molecule has 6 nitrogen and oxygen atoms in total. The number of halogens is 1. The predicted octanol–water partition coefficient (Wildman–Crippen LogP) is 4.29. The zero-order valence-electron chi connectivity index (χ0n) is 18.6. The van der Waals surface area contributed by atoms with Crippen LogP contribution in [-0.4, -0.2) is 58.4 Å². The molecule has 1 atom stereocenters. The highest BCUT2D eigenvalue weighted by Gasteiger charge is 2.34. The van der Waals surface area contributed by atoms with Crippen molar-refractivity contribution in [2.45, 2.75) is 31.8 Å². The highest BCUT2D eigenvalue weighted by Crippen LogP contribution is 2.40. The molecule has 4 rings (SSSR count). The number of pyridine rings is 1. The molecule has 1 aliphatic heterocycles. The van der Waals surface area contributed by atoms with Crippen molar-refractivity contribution in [3.05, 3.63) is 51.6 Å². The van der Waals surface area contributed by atoms with Gasteiger partial charge in [-0.3, -0.25) is 14.9 Å². The number of hydrogen-bond acceptors (Lipinski definition) is 7. The summed E-state index contributed by atoms with van der Waals surface area (Å²) in [5.41, 5.74) is 3.02. The van der Waals surface area contributed by atoms with E-state index in [1.54, 1.807) is 36.4 Å². The van der Waals surface area contributed by atoms with Crippen LogP contribution in [0.1, 0.15) is 42.2 Å². The molecule has 0 radical (unpaired) electrons. The van der Waals surface area contributed by atoms with Crippen molar-refractivity contribution in [3.8, 4) is 17.6 Å². The molecule has 2 N–H and O–H groups in total. The van der Waals surface area contributed by atoms with E-state index in [2.05, 4.69) is 26.7 Å². The smallest absolute Gasteiger partial charge is 0.119 e. The highest BCUT2D eigenvalue weighted by molar-refractivity contribution is 7.10. The molecule has 1 fully saturated rings. The maximum absolute atomic E-state index is 11.1. The van der Waals surface area contributed by atoms with Crippen molar-refractivity contribution >= 4 is 33.8 Å². The number of aliphatic hydroxyl groups excluding tert-OH is 2. The Morgan fingerprint density at radius 3 is 2.82 bits per heavy atom. The van der Waals surface area contributed by atoms with Crippen molar-refractivity contribution in [3.63, 3.8) is 0 Å². The van der Waals surface area contributed by atoms with Crippen molar-refractivity contribution in [1.82, 2.24) is 14.9 Å². The number of rotatable bonds is 7. The number of ether oxygens (including phenoxy) is 1. The molecule has 8 heteroatoms. The number of fused-ring (bicyclic) bond motifs is 1. The van der Waals surface area contributed by atoms with Crippen LogP contribution in [0.4, 0.5) is 0 Å². The first-order valence-corrected chi connectivity index (χ1v) is 12.3. The average molecular weight is 486 g/mol. The van der Waals surface area contributed by atoms with Crippen LogP contribution in [0, 0.1) is 17.3 Å². The largest absolute Gasteiger partial charge is 0.497 e. The Balaban J connectivity index is 1.39. The summed E-state index contributed by atoms with van der Waals surface area (Å²) < 4.78 is 5.34.